The first-order valence-electron chi connectivity index (χ1n) is 9.93. The maximum atomic E-state index is 12.7. The van der Waals surface area contributed by atoms with Crippen LogP contribution in [-0.4, -0.2) is 51.9 Å². The SMILES string of the molecule is C/C=C(\NC(=O)c1ccc(SC)c(CNC(=O)OC(C)(C)C)n1)C(=O)N[C@@H](CC)C(=O)O. The van der Waals surface area contributed by atoms with Gasteiger partial charge in [0.15, 0.2) is 0 Å². The normalized spacial score (nSPS) is 12.5. The third kappa shape index (κ3) is 8.58. The molecule has 0 saturated heterocycles. The standard InChI is InChI=1S/C21H30N4O6S/c1-7-12(17(26)25-13(8-2)19(28)29)24-18(27)14-9-10-16(32-6)15(23-14)11-22-20(30)31-21(3,4)5/h7,9-10,13H,8,11H2,1-6H3,(H,22,30)(H,24,27)(H,25,26)(H,28,29)/b12-7-/t13-/m0/s1. The highest BCUT2D eigenvalue weighted by molar-refractivity contribution is 7.98. The molecular weight excluding hydrogens is 436 g/mol. The average Bonchev–Trinajstić information content (AvgIpc) is 2.72. The lowest BCUT2D eigenvalue weighted by molar-refractivity contribution is -0.141. The molecule has 176 valence electrons. The van der Waals surface area contributed by atoms with Crippen molar-refractivity contribution in [2.24, 2.45) is 0 Å². The third-order valence-corrected chi connectivity index (χ3v) is 4.79. The van der Waals surface area contributed by atoms with Gasteiger partial charge in [-0.05, 0) is 52.5 Å². The fourth-order valence-electron chi connectivity index (χ4n) is 2.42. The number of nitrogens with one attached hydrogen (secondary N) is 3. The summed E-state index contributed by atoms with van der Waals surface area (Å²) < 4.78 is 5.20. The first-order valence-corrected chi connectivity index (χ1v) is 11.2. The van der Waals surface area contributed by atoms with E-state index in [9.17, 15) is 19.2 Å². The summed E-state index contributed by atoms with van der Waals surface area (Å²) >= 11 is 1.40. The Kier molecular flexibility index (Phi) is 10.2. The van der Waals surface area contributed by atoms with Crippen molar-refractivity contribution in [1.82, 2.24) is 20.9 Å². The summed E-state index contributed by atoms with van der Waals surface area (Å²) in [6.45, 7) is 8.44. The summed E-state index contributed by atoms with van der Waals surface area (Å²) in [5.41, 5.74) is -0.262. The zero-order valence-electron chi connectivity index (χ0n) is 19.1. The van der Waals surface area contributed by atoms with Crippen LogP contribution in [0.4, 0.5) is 4.79 Å². The highest BCUT2D eigenvalue weighted by Crippen LogP contribution is 2.19. The number of aliphatic carboxylic acids is 1. The number of carbonyl (C=O) groups is 4. The van der Waals surface area contributed by atoms with Gasteiger partial charge >= 0.3 is 12.1 Å². The van der Waals surface area contributed by atoms with Crippen LogP contribution in [0.3, 0.4) is 0 Å². The molecule has 10 nitrogen and oxygen atoms in total. The first-order chi connectivity index (χ1) is 14.9. The smallest absolute Gasteiger partial charge is 0.407 e. The van der Waals surface area contributed by atoms with Crippen molar-refractivity contribution in [1.29, 1.82) is 0 Å². The number of pyridine rings is 1. The number of hydrogen-bond donors (Lipinski definition) is 4. The summed E-state index contributed by atoms with van der Waals surface area (Å²) in [5.74, 6) is -2.54. The molecule has 0 aromatic carbocycles. The fourth-order valence-corrected chi connectivity index (χ4v) is 2.98. The second kappa shape index (κ2) is 12.1. The number of carboxylic acids is 1. The summed E-state index contributed by atoms with van der Waals surface area (Å²) in [5, 5.41) is 16.5. The van der Waals surface area contributed by atoms with Crippen LogP contribution >= 0.6 is 11.8 Å². The average molecular weight is 467 g/mol. The van der Waals surface area contributed by atoms with E-state index in [-0.39, 0.29) is 24.4 Å². The molecule has 1 aromatic heterocycles. The summed E-state index contributed by atoms with van der Waals surface area (Å²) in [6, 6.07) is 2.11. The van der Waals surface area contributed by atoms with E-state index in [4.69, 9.17) is 9.84 Å². The molecule has 0 aliphatic carbocycles. The van der Waals surface area contributed by atoms with E-state index >= 15 is 0 Å². The van der Waals surface area contributed by atoms with Gasteiger partial charge in [0.05, 0.1) is 12.2 Å². The lowest BCUT2D eigenvalue weighted by Crippen LogP contribution is -2.44. The Morgan fingerprint density at radius 2 is 1.91 bits per heavy atom. The van der Waals surface area contributed by atoms with Gasteiger partial charge in [0.1, 0.15) is 23.0 Å². The van der Waals surface area contributed by atoms with Crippen LogP contribution in [0.15, 0.2) is 28.8 Å². The summed E-state index contributed by atoms with van der Waals surface area (Å²) in [4.78, 5) is 53.1. The molecule has 1 aromatic rings. The number of allylic oxidation sites excluding steroid dienone is 1. The van der Waals surface area contributed by atoms with Gasteiger partial charge in [-0.15, -0.1) is 11.8 Å². The van der Waals surface area contributed by atoms with E-state index in [2.05, 4.69) is 20.9 Å². The fraction of sp³-hybridized carbons (Fsp3) is 0.476. The van der Waals surface area contributed by atoms with E-state index in [1.807, 2.05) is 6.26 Å². The molecule has 0 saturated carbocycles. The molecule has 0 unspecified atom stereocenters. The summed E-state index contributed by atoms with van der Waals surface area (Å²) in [7, 11) is 0. The predicted octanol–water partition coefficient (Wildman–Crippen LogP) is 2.44. The van der Waals surface area contributed by atoms with Crippen LogP contribution in [0.1, 0.15) is 57.2 Å². The molecular formula is C21H30N4O6S. The number of carbonyl (C=O) groups excluding carboxylic acids is 3. The van der Waals surface area contributed by atoms with Crippen LogP contribution in [0.25, 0.3) is 0 Å². The molecule has 1 heterocycles. The van der Waals surface area contributed by atoms with Crippen molar-refractivity contribution in [3.63, 3.8) is 0 Å². The molecule has 0 radical (unpaired) electrons. The third-order valence-electron chi connectivity index (χ3n) is 3.98. The van der Waals surface area contributed by atoms with E-state index < -0.39 is 35.5 Å². The number of ether oxygens (including phenoxy) is 1. The zero-order chi connectivity index (χ0) is 24.5. The highest BCUT2D eigenvalue weighted by atomic mass is 32.2. The van der Waals surface area contributed by atoms with E-state index in [0.29, 0.717) is 5.69 Å². The molecule has 1 rings (SSSR count). The molecule has 0 aliphatic heterocycles. The molecule has 0 spiro atoms. The van der Waals surface area contributed by atoms with Gasteiger partial charge in [0.2, 0.25) is 0 Å². The second-order valence-electron chi connectivity index (χ2n) is 7.63. The molecule has 1 atom stereocenters. The van der Waals surface area contributed by atoms with Crippen LogP contribution in [0.5, 0.6) is 0 Å². The maximum absolute atomic E-state index is 12.7. The molecule has 4 N–H and O–H groups in total. The van der Waals surface area contributed by atoms with Crippen molar-refractivity contribution in [3.05, 3.63) is 35.3 Å². The van der Waals surface area contributed by atoms with Crippen LogP contribution in [-0.2, 0) is 20.9 Å². The largest absolute Gasteiger partial charge is 0.480 e. The van der Waals surface area contributed by atoms with Gasteiger partial charge in [-0.1, -0.05) is 13.0 Å². The molecule has 32 heavy (non-hydrogen) atoms. The van der Waals surface area contributed by atoms with Gasteiger partial charge in [0.25, 0.3) is 11.8 Å². The van der Waals surface area contributed by atoms with Gasteiger partial charge < -0.3 is 25.8 Å². The van der Waals surface area contributed by atoms with Crippen LogP contribution in [0.2, 0.25) is 0 Å². The van der Waals surface area contributed by atoms with Crippen LogP contribution in [0, 0.1) is 0 Å². The number of amides is 3. The van der Waals surface area contributed by atoms with Gasteiger partial charge in [-0.3, -0.25) is 9.59 Å². The van der Waals surface area contributed by atoms with Crippen LogP contribution < -0.4 is 16.0 Å². The Morgan fingerprint density at radius 3 is 2.41 bits per heavy atom. The van der Waals surface area contributed by atoms with E-state index in [1.54, 1.807) is 33.8 Å². The number of nitrogens with zero attached hydrogens (tertiary/aromatic N) is 1. The van der Waals surface area contributed by atoms with Crippen molar-refractivity contribution < 1.29 is 29.0 Å². The number of thioether (sulfide) groups is 1. The number of alkyl carbamates (subject to hydrolysis) is 1. The Labute approximate surface area is 191 Å². The zero-order valence-corrected chi connectivity index (χ0v) is 19.9. The Balaban J connectivity index is 2.94. The monoisotopic (exact) mass is 466 g/mol. The van der Waals surface area contributed by atoms with E-state index in [1.165, 1.54) is 30.8 Å². The van der Waals surface area contributed by atoms with Gasteiger partial charge in [0, 0.05) is 4.90 Å². The number of rotatable bonds is 9. The molecule has 0 aliphatic rings. The maximum Gasteiger partial charge on any atom is 0.407 e. The lowest BCUT2D eigenvalue weighted by Gasteiger charge is -2.20. The quantitative estimate of drug-likeness (QED) is 0.320. The second-order valence-corrected chi connectivity index (χ2v) is 8.48. The van der Waals surface area contributed by atoms with Crippen molar-refractivity contribution in [2.75, 3.05) is 6.26 Å². The Bertz CT molecular complexity index is 895. The van der Waals surface area contributed by atoms with Crippen molar-refractivity contribution >= 4 is 35.6 Å². The van der Waals surface area contributed by atoms with E-state index in [0.717, 1.165) is 4.90 Å². The summed E-state index contributed by atoms with van der Waals surface area (Å²) in [6.07, 6.45) is 2.78. The lowest BCUT2D eigenvalue weighted by atomic mass is 10.2. The van der Waals surface area contributed by atoms with Gasteiger partial charge in [-0.2, -0.15) is 0 Å². The molecule has 0 bridgehead atoms. The van der Waals surface area contributed by atoms with Crippen molar-refractivity contribution in [2.45, 2.75) is 64.1 Å². The minimum atomic E-state index is -1.17. The molecule has 3 amide bonds. The van der Waals surface area contributed by atoms with Crippen molar-refractivity contribution in [3.8, 4) is 0 Å². The van der Waals surface area contributed by atoms with Gasteiger partial charge in [-0.25, -0.2) is 14.6 Å². The topological polar surface area (TPSA) is 147 Å². The molecule has 11 heteroatoms. The minimum absolute atomic E-state index is 0.0289. The highest BCUT2D eigenvalue weighted by Gasteiger charge is 2.22. The number of hydrogen-bond acceptors (Lipinski definition) is 7. The Morgan fingerprint density at radius 1 is 1.25 bits per heavy atom. The minimum Gasteiger partial charge on any atom is -0.480 e. The predicted molar refractivity (Wildman–Crippen MR) is 120 cm³/mol. The number of aromatic nitrogens is 1. The first kappa shape index (κ1) is 27.0. The molecule has 0 fully saturated rings. The number of carboxylic acid groups (broad SMARTS) is 1. The Hall–Kier alpha value is -3.08.